The van der Waals surface area contributed by atoms with Crippen LogP contribution < -0.4 is 20.3 Å². The fourth-order valence-corrected chi connectivity index (χ4v) is 2.21. The zero-order valence-electron chi connectivity index (χ0n) is 13.1. The number of para-hydroxylation sites is 1. The summed E-state index contributed by atoms with van der Waals surface area (Å²) in [5, 5.41) is 0.759. The van der Waals surface area contributed by atoms with Gasteiger partial charge < -0.3 is 9.47 Å². The predicted octanol–water partition coefficient (Wildman–Crippen LogP) is 2.99. The van der Waals surface area contributed by atoms with Crippen molar-refractivity contribution in [2.75, 3.05) is 13.2 Å². The summed E-state index contributed by atoms with van der Waals surface area (Å²) >= 11 is 11.7. The molecule has 6 nitrogen and oxygen atoms in total. The van der Waals surface area contributed by atoms with Gasteiger partial charge in [0.15, 0.2) is 6.61 Å². The van der Waals surface area contributed by atoms with Gasteiger partial charge in [-0.25, -0.2) is 0 Å². The molecule has 0 aromatic heterocycles. The number of rotatable bonds is 7. The van der Waals surface area contributed by atoms with Gasteiger partial charge in [-0.05, 0) is 30.3 Å². The number of hydrazine groups is 1. The first-order valence-corrected chi connectivity index (χ1v) is 8.13. The number of benzene rings is 2. The van der Waals surface area contributed by atoms with Crippen molar-refractivity contribution in [3.63, 3.8) is 0 Å². The van der Waals surface area contributed by atoms with Gasteiger partial charge in [-0.2, -0.15) is 0 Å². The van der Waals surface area contributed by atoms with Crippen LogP contribution in [0.2, 0.25) is 10.0 Å². The number of amides is 2. The predicted molar refractivity (Wildman–Crippen MR) is 94.8 cm³/mol. The van der Waals surface area contributed by atoms with Crippen molar-refractivity contribution in [2.45, 2.75) is 6.42 Å². The molecule has 2 aromatic rings. The molecule has 0 spiro atoms. The number of ether oxygens (including phenoxy) is 2. The van der Waals surface area contributed by atoms with Crippen LogP contribution in [0.4, 0.5) is 0 Å². The van der Waals surface area contributed by atoms with Crippen molar-refractivity contribution in [3.8, 4) is 11.5 Å². The van der Waals surface area contributed by atoms with Crippen LogP contribution in [0.15, 0.2) is 48.5 Å². The Labute approximate surface area is 155 Å². The molecule has 0 aliphatic rings. The number of hydrogen-bond acceptors (Lipinski definition) is 4. The molecule has 0 atom stereocenters. The summed E-state index contributed by atoms with van der Waals surface area (Å²) in [5.41, 5.74) is 4.52. The molecule has 0 fully saturated rings. The maximum absolute atomic E-state index is 11.6. The molecule has 2 N–H and O–H groups in total. The molecule has 2 rings (SSSR count). The maximum Gasteiger partial charge on any atom is 0.276 e. The van der Waals surface area contributed by atoms with Crippen LogP contribution in [0.1, 0.15) is 6.42 Å². The van der Waals surface area contributed by atoms with Crippen LogP contribution in [0.5, 0.6) is 11.5 Å². The average Bonchev–Trinajstić information content (AvgIpc) is 2.60. The zero-order valence-corrected chi connectivity index (χ0v) is 14.6. The summed E-state index contributed by atoms with van der Waals surface area (Å²) in [6.07, 6.45) is 0.0963. The molecule has 0 unspecified atom stereocenters. The van der Waals surface area contributed by atoms with Crippen molar-refractivity contribution in [1.29, 1.82) is 0 Å². The normalized spacial score (nSPS) is 10.0. The van der Waals surface area contributed by atoms with Crippen LogP contribution in [0.3, 0.4) is 0 Å². The Kier molecular flexibility index (Phi) is 7.37. The van der Waals surface area contributed by atoms with Crippen molar-refractivity contribution in [1.82, 2.24) is 10.9 Å². The minimum Gasteiger partial charge on any atom is -0.493 e. The van der Waals surface area contributed by atoms with E-state index in [9.17, 15) is 9.59 Å². The first-order valence-electron chi connectivity index (χ1n) is 7.38. The standard InChI is InChI=1S/C17H16Cl2N2O4/c18-12-6-7-15(14(19)10-12)25-11-17(23)21-20-16(22)8-9-24-13-4-2-1-3-5-13/h1-7,10H,8-9,11H2,(H,20,22)(H,21,23). The van der Waals surface area contributed by atoms with Gasteiger partial charge in [0.2, 0.25) is 5.91 Å². The van der Waals surface area contributed by atoms with Gasteiger partial charge in [-0.3, -0.25) is 20.4 Å². The highest BCUT2D eigenvalue weighted by molar-refractivity contribution is 6.35. The van der Waals surface area contributed by atoms with Crippen LogP contribution >= 0.6 is 23.2 Å². The molecule has 2 amide bonds. The number of carbonyl (C=O) groups is 2. The topological polar surface area (TPSA) is 76.7 Å². The molecule has 0 bridgehead atoms. The molecule has 8 heteroatoms. The van der Waals surface area contributed by atoms with Gasteiger partial charge in [0, 0.05) is 5.02 Å². The van der Waals surface area contributed by atoms with Crippen molar-refractivity contribution >= 4 is 35.0 Å². The maximum atomic E-state index is 11.6. The van der Waals surface area contributed by atoms with E-state index in [0.717, 1.165) is 0 Å². The third-order valence-corrected chi connectivity index (χ3v) is 3.47. The van der Waals surface area contributed by atoms with Crippen LogP contribution in [0.25, 0.3) is 0 Å². The van der Waals surface area contributed by atoms with Gasteiger partial charge in [0.05, 0.1) is 18.1 Å². The summed E-state index contributed by atoms with van der Waals surface area (Å²) in [7, 11) is 0. The lowest BCUT2D eigenvalue weighted by Crippen LogP contribution is -2.44. The summed E-state index contributed by atoms with van der Waals surface area (Å²) in [6.45, 7) is -0.106. The fourth-order valence-electron chi connectivity index (χ4n) is 1.75. The quantitative estimate of drug-likeness (QED) is 0.721. The second-order valence-corrected chi connectivity index (χ2v) is 5.71. The smallest absolute Gasteiger partial charge is 0.276 e. The van der Waals surface area contributed by atoms with E-state index in [1.807, 2.05) is 18.2 Å². The van der Waals surface area contributed by atoms with Crippen molar-refractivity contribution in [2.24, 2.45) is 0 Å². The lowest BCUT2D eigenvalue weighted by molar-refractivity contribution is -0.130. The number of carbonyl (C=O) groups excluding carboxylic acids is 2. The Balaban J connectivity index is 1.63. The van der Waals surface area contributed by atoms with Crippen LogP contribution in [0, 0.1) is 0 Å². The largest absolute Gasteiger partial charge is 0.493 e. The fraction of sp³-hybridized carbons (Fsp3) is 0.176. The van der Waals surface area contributed by atoms with Crippen molar-refractivity contribution in [3.05, 3.63) is 58.6 Å². The van der Waals surface area contributed by atoms with Gasteiger partial charge in [0.1, 0.15) is 11.5 Å². The lowest BCUT2D eigenvalue weighted by atomic mass is 10.3. The molecule has 25 heavy (non-hydrogen) atoms. The third-order valence-electron chi connectivity index (χ3n) is 2.94. The molecule has 0 radical (unpaired) electrons. The Hall–Kier alpha value is -2.44. The van der Waals surface area contributed by atoms with Gasteiger partial charge in [0.25, 0.3) is 5.91 Å². The van der Waals surface area contributed by atoms with Crippen LogP contribution in [-0.2, 0) is 9.59 Å². The highest BCUT2D eigenvalue weighted by Crippen LogP contribution is 2.27. The Morgan fingerprint density at radius 3 is 2.36 bits per heavy atom. The minimum atomic E-state index is -0.525. The van der Waals surface area contributed by atoms with Gasteiger partial charge in [-0.1, -0.05) is 41.4 Å². The SMILES string of the molecule is O=C(CCOc1ccccc1)NNC(=O)COc1ccc(Cl)cc1Cl. The number of halogens is 2. The average molecular weight is 383 g/mol. The summed E-state index contributed by atoms with van der Waals surface area (Å²) in [5.74, 6) is 0.0912. The van der Waals surface area contributed by atoms with E-state index in [2.05, 4.69) is 10.9 Å². The number of nitrogens with one attached hydrogen (secondary N) is 2. The van der Waals surface area contributed by atoms with Crippen molar-refractivity contribution < 1.29 is 19.1 Å². The lowest BCUT2D eigenvalue weighted by Gasteiger charge is -2.10. The van der Waals surface area contributed by atoms with E-state index in [0.29, 0.717) is 21.5 Å². The summed E-state index contributed by atoms with van der Waals surface area (Å²) in [6, 6.07) is 13.8. The Morgan fingerprint density at radius 1 is 0.920 bits per heavy atom. The molecular formula is C17H16Cl2N2O4. The Bertz CT molecular complexity index is 726. The van der Waals surface area contributed by atoms with Crippen LogP contribution in [-0.4, -0.2) is 25.0 Å². The molecule has 132 valence electrons. The molecule has 0 aliphatic heterocycles. The highest BCUT2D eigenvalue weighted by atomic mass is 35.5. The molecule has 0 heterocycles. The molecule has 0 saturated heterocycles. The molecular weight excluding hydrogens is 367 g/mol. The number of hydrogen-bond donors (Lipinski definition) is 2. The second-order valence-electron chi connectivity index (χ2n) is 4.87. The second kappa shape index (κ2) is 9.76. The van der Waals surface area contributed by atoms with E-state index < -0.39 is 5.91 Å². The summed E-state index contributed by atoms with van der Waals surface area (Å²) < 4.78 is 10.6. The van der Waals surface area contributed by atoms with Gasteiger partial charge >= 0.3 is 0 Å². The Morgan fingerprint density at radius 2 is 1.64 bits per heavy atom. The monoisotopic (exact) mass is 382 g/mol. The van der Waals surface area contributed by atoms with E-state index in [-0.39, 0.29) is 25.5 Å². The molecule has 0 aliphatic carbocycles. The van der Waals surface area contributed by atoms with E-state index >= 15 is 0 Å². The van der Waals surface area contributed by atoms with Gasteiger partial charge in [-0.15, -0.1) is 0 Å². The van der Waals surface area contributed by atoms with E-state index in [1.54, 1.807) is 24.3 Å². The minimum absolute atomic E-state index is 0.0963. The van der Waals surface area contributed by atoms with E-state index in [1.165, 1.54) is 6.07 Å². The summed E-state index contributed by atoms with van der Waals surface area (Å²) in [4.78, 5) is 23.3. The highest BCUT2D eigenvalue weighted by Gasteiger charge is 2.08. The zero-order chi connectivity index (χ0) is 18.1. The first-order chi connectivity index (χ1) is 12.0. The molecule has 0 saturated carbocycles. The van der Waals surface area contributed by atoms with E-state index in [4.69, 9.17) is 32.7 Å². The molecule has 2 aromatic carbocycles. The third kappa shape index (κ3) is 6.91. The first kappa shape index (κ1) is 18.9.